The molecule has 0 aliphatic carbocycles. The Labute approximate surface area is 134 Å². The van der Waals surface area contributed by atoms with Gasteiger partial charge in [-0.1, -0.05) is 30.3 Å². The smallest absolute Gasteiger partial charge is 0.309 e. The third kappa shape index (κ3) is 5.60. The van der Waals surface area contributed by atoms with Crippen LogP contribution in [0, 0.1) is 0 Å². The molecule has 1 atom stereocenters. The Hall–Kier alpha value is -2.60. The molecule has 2 amide bonds. The number of furan rings is 1. The van der Waals surface area contributed by atoms with Gasteiger partial charge in [0.2, 0.25) is 0 Å². The predicted octanol–water partition coefficient (Wildman–Crippen LogP) is 1.01. The molecule has 6 heteroatoms. The minimum absolute atomic E-state index is 0.0503. The number of hydrogen-bond donors (Lipinski definition) is 3. The van der Waals surface area contributed by atoms with Gasteiger partial charge >= 0.3 is 11.8 Å². The lowest BCUT2D eigenvalue weighted by Crippen LogP contribution is -2.47. The van der Waals surface area contributed by atoms with Crippen LogP contribution in [0.5, 0.6) is 0 Å². The summed E-state index contributed by atoms with van der Waals surface area (Å²) in [6.07, 6.45) is 1.76. The van der Waals surface area contributed by atoms with E-state index in [1.807, 2.05) is 30.3 Å². The molecule has 3 N–H and O–H groups in total. The van der Waals surface area contributed by atoms with Gasteiger partial charge in [0.15, 0.2) is 0 Å². The van der Waals surface area contributed by atoms with Crippen LogP contribution in [0.1, 0.15) is 18.2 Å². The zero-order valence-corrected chi connectivity index (χ0v) is 12.9. The van der Waals surface area contributed by atoms with Crippen LogP contribution in [0.25, 0.3) is 0 Å². The van der Waals surface area contributed by atoms with Crippen LogP contribution in [-0.4, -0.2) is 29.1 Å². The van der Waals surface area contributed by atoms with Gasteiger partial charge in [0, 0.05) is 19.5 Å². The van der Waals surface area contributed by atoms with Crippen molar-refractivity contribution >= 4 is 11.8 Å². The summed E-state index contributed by atoms with van der Waals surface area (Å²) in [5.41, 5.74) is -0.300. The molecule has 2 aromatic rings. The molecular formula is C17H20N2O4. The normalized spacial score (nSPS) is 13.1. The fraction of sp³-hybridized carbons (Fsp3) is 0.294. The Balaban J connectivity index is 1.76. The summed E-state index contributed by atoms with van der Waals surface area (Å²) in [5.74, 6) is -0.902. The summed E-state index contributed by atoms with van der Waals surface area (Å²) in [7, 11) is 0. The highest BCUT2D eigenvalue weighted by atomic mass is 16.3. The van der Waals surface area contributed by atoms with Crippen molar-refractivity contribution in [2.75, 3.05) is 6.54 Å². The molecule has 1 aromatic heterocycles. The second-order valence-electron chi connectivity index (χ2n) is 5.60. The number of amides is 2. The van der Waals surface area contributed by atoms with Crippen LogP contribution >= 0.6 is 0 Å². The van der Waals surface area contributed by atoms with Gasteiger partial charge in [-0.05, 0) is 24.6 Å². The lowest BCUT2D eigenvalue weighted by atomic mass is 10.0. The lowest BCUT2D eigenvalue weighted by molar-refractivity contribution is -0.139. The van der Waals surface area contributed by atoms with Crippen LogP contribution in [0.3, 0.4) is 0 Å². The molecule has 23 heavy (non-hydrogen) atoms. The van der Waals surface area contributed by atoms with E-state index in [-0.39, 0.29) is 19.5 Å². The van der Waals surface area contributed by atoms with Gasteiger partial charge in [-0.15, -0.1) is 0 Å². The molecule has 0 saturated carbocycles. The first kappa shape index (κ1) is 16.8. The zero-order chi connectivity index (χ0) is 16.7. The van der Waals surface area contributed by atoms with E-state index < -0.39 is 17.4 Å². The zero-order valence-electron chi connectivity index (χ0n) is 12.9. The van der Waals surface area contributed by atoms with Crippen LogP contribution in [0.2, 0.25) is 0 Å². The third-order valence-electron chi connectivity index (χ3n) is 3.27. The van der Waals surface area contributed by atoms with Crippen molar-refractivity contribution in [2.24, 2.45) is 0 Å². The molecule has 0 spiro atoms. The monoisotopic (exact) mass is 316 g/mol. The summed E-state index contributed by atoms with van der Waals surface area (Å²) in [6.45, 7) is 1.79. The van der Waals surface area contributed by atoms with Crippen molar-refractivity contribution in [1.29, 1.82) is 0 Å². The van der Waals surface area contributed by atoms with Gasteiger partial charge < -0.3 is 20.2 Å². The van der Waals surface area contributed by atoms with Gasteiger partial charge in [0.1, 0.15) is 5.76 Å². The summed E-state index contributed by atoms with van der Waals surface area (Å²) in [6, 6.07) is 12.8. The Bertz CT molecular complexity index is 636. The summed E-state index contributed by atoms with van der Waals surface area (Å²) < 4.78 is 5.16. The Kier molecular flexibility index (Phi) is 5.54. The average molecular weight is 316 g/mol. The molecule has 0 saturated heterocycles. The van der Waals surface area contributed by atoms with Crippen molar-refractivity contribution in [3.8, 4) is 0 Å². The van der Waals surface area contributed by atoms with Crippen LogP contribution in [0.4, 0.5) is 0 Å². The third-order valence-corrected chi connectivity index (χ3v) is 3.27. The fourth-order valence-electron chi connectivity index (χ4n) is 2.06. The van der Waals surface area contributed by atoms with Crippen molar-refractivity contribution in [1.82, 2.24) is 10.6 Å². The van der Waals surface area contributed by atoms with Crippen molar-refractivity contribution in [2.45, 2.75) is 25.5 Å². The lowest BCUT2D eigenvalue weighted by Gasteiger charge is -2.22. The van der Waals surface area contributed by atoms with E-state index in [0.29, 0.717) is 5.76 Å². The van der Waals surface area contributed by atoms with E-state index in [9.17, 15) is 14.7 Å². The Morgan fingerprint density at radius 2 is 1.78 bits per heavy atom. The topological polar surface area (TPSA) is 91.6 Å². The second kappa shape index (κ2) is 7.60. The summed E-state index contributed by atoms with van der Waals surface area (Å²) >= 11 is 0. The quantitative estimate of drug-likeness (QED) is 0.694. The number of benzene rings is 1. The van der Waals surface area contributed by atoms with Crippen LogP contribution < -0.4 is 10.6 Å². The first-order valence-corrected chi connectivity index (χ1v) is 7.31. The number of carbonyl (C=O) groups excluding carboxylic acids is 2. The highest BCUT2D eigenvalue weighted by molar-refractivity contribution is 6.35. The van der Waals surface area contributed by atoms with E-state index in [1.54, 1.807) is 19.1 Å². The fourth-order valence-corrected chi connectivity index (χ4v) is 2.06. The van der Waals surface area contributed by atoms with Gasteiger partial charge in [0.05, 0.1) is 11.9 Å². The first-order chi connectivity index (χ1) is 11.0. The molecule has 0 radical (unpaired) electrons. The molecule has 0 aliphatic rings. The molecule has 1 heterocycles. The molecule has 0 bridgehead atoms. The number of rotatable bonds is 6. The van der Waals surface area contributed by atoms with Crippen molar-refractivity contribution in [3.05, 3.63) is 60.1 Å². The summed E-state index contributed by atoms with van der Waals surface area (Å²) in [4.78, 5) is 23.5. The predicted molar refractivity (Wildman–Crippen MR) is 84.3 cm³/mol. The van der Waals surface area contributed by atoms with Gasteiger partial charge in [-0.25, -0.2) is 0 Å². The largest absolute Gasteiger partial charge is 0.469 e. The Morgan fingerprint density at radius 3 is 2.43 bits per heavy atom. The van der Waals surface area contributed by atoms with Gasteiger partial charge in [-0.2, -0.15) is 0 Å². The Morgan fingerprint density at radius 1 is 1.09 bits per heavy atom. The number of nitrogens with one attached hydrogen (secondary N) is 2. The van der Waals surface area contributed by atoms with Gasteiger partial charge in [-0.3, -0.25) is 9.59 Å². The van der Waals surface area contributed by atoms with Crippen molar-refractivity contribution in [3.63, 3.8) is 0 Å². The maximum absolute atomic E-state index is 11.8. The highest BCUT2D eigenvalue weighted by Crippen LogP contribution is 2.12. The SMILES string of the molecule is CC(O)(CNC(=O)C(=O)NCc1ccccc1)Cc1ccco1. The first-order valence-electron chi connectivity index (χ1n) is 7.31. The maximum atomic E-state index is 11.8. The molecule has 1 unspecified atom stereocenters. The number of aliphatic hydroxyl groups is 1. The van der Waals surface area contributed by atoms with Gasteiger partial charge in [0.25, 0.3) is 0 Å². The molecule has 2 rings (SSSR count). The number of carbonyl (C=O) groups is 2. The molecule has 122 valence electrons. The van der Waals surface area contributed by atoms with Crippen molar-refractivity contribution < 1.29 is 19.1 Å². The maximum Gasteiger partial charge on any atom is 0.309 e. The van der Waals surface area contributed by atoms with E-state index in [1.165, 1.54) is 6.26 Å². The van der Waals surface area contributed by atoms with E-state index in [2.05, 4.69) is 10.6 Å². The molecule has 6 nitrogen and oxygen atoms in total. The van der Waals surface area contributed by atoms with E-state index in [4.69, 9.17) is 4.42 Å². The summed E-state index contributed by atoms with van der Waals surface area (Å²) in [5, 5.41) is 15.2. The minimum atomic E-state index is -1.20. The molecule has 0 aliphatic heterocycles. The van der Waals surface area contributed by atoms with E-state index >= 15 is 0 Å². The standard InChI is InChI=1S/C17H20N2O4/c1-17(22,10-14-8-5-9-23-14)12-19-16(21)15(20)18-11-13-6-3-2-4-7-13/h2-9,22H,10-12H2,1H3,(H,18,20)(H,19,21). The van der Waals surface area contributed by atoms with E-state index in [0.717, 1.165) is 5.56 Å². The van der Waals surface area contributed by atoms with Crippen LogP contribution in [-0.2, 0) is 22.6 Å². The average Bonchev–Trinajstić information content (AvgIpc) is 3.03. The molecule has 0 fully saturated rings. The minimum Gasteiger partial charge on any atom is -0.469 e. The second-order valence-corrected chi connectivity index (χ2v) is 5.60. The van der Waals surface area contributed by atoms with Crippen LogP contribution in [0.15, 0.2) is 53.1 Å². The molecule has 1 aromatic carbocycles. The molecular weight excluding hydrogens is 296 g/mol. The highest BCUT2D eigenvalue weighted by Gasteiger charge is 2.24. The number of hydrogen-bond acceptors (Lipinski definition) is 4.